The number of benzene rings is 2. The molecule has 2 aromatic carbocycles. The zero-order chi connectivity index (χ0) is 24.4. The maximum Gasteiger partial charge on any atom is 0.410 e. The van der Waals surface area contributed by atoms with E-state index in [0.29, 0.717) is 11.5 Å². The van der Waals surface area contributed by atoms with Crippen molar-refractivity contribution in [2.45, 2.75) is 45.1 Å². The van der Waals surface area contributed by atoms with Crippen LogP contribution >= 0.6 is 0 Å². The molecule has 2 saturated heterocycles. The zero-order valence-electron chi connectivity index (χ0n) is 20.5. The van der Waals surface area contributed by atoms with Gasteiger partial charge in [-0.05, 0) is 62.8 Å². The molecule has 1 aromatic heterocycles. The number of para-hydroxylation sites is 1. The Morgan fingerprint density at radius 3 is 2.43 bits per heavy atom. The van der Waals surface area contributed by atoms with Crippen molar-refractivity contribution in [1.82, 2.24) is 9.88 Å². The van der Waals surface area contributed by atoms with E-state index in [1.807, 2.05) is 49.9 Å². The van der Waals surface area contributed by atoms with Gasteiger partial charge in [0.1, 0.15) is 5.60 Å². The van der Waals surface area contributed by atoms with Crippen molar-refractivity contribution in [2.75, 3.05) is 31.1 Å². The summed E-state index contributed by atoms with van der Waals surface area (Å²) in [5, 5.41) is 10.4. The second kappa shape index (κ2) is 7.71. The molecule has 1 amide bonds. The molecule has 35 heavy (non-hydrogen) atoms. The first kappa shape index (κ1) is 21.9. The van der Waals surface area contributed by atoms with Crippen LogP contribution < -0.4 is 4.90 Å². The van der Waals surface area contributed by atoms with Crippen molar-refractivity contribution >= 4 is 22.7 Å². The van der Waals surface area contributed by atoms with E-state index in [-0.39, 0.29) is 11.5 Å². The van der Waals surface area contributed by atoms with Crippen LogP contribution in [-0.2, 0) is 4.74 Å². The normalized spacial score (nSPS) is 18.7. The standard InChI is InChI=1S/C29H30N4O2/c1-28(2,3)35-27(34)33-17-29(18-33)15-32(16-29)24-14-31-26-22(20-9-7-19(13-30)8-10-20)5-4-6-23(26)25(24)21-11-12-21/h4-10,14,21H,11-12,15-18H2,1-3H3. The van der Waals surface area contributed by atoms with Gasteiger partial charge in [0.2, 0.25) is 0 Å². The summed E-state index contributed by atoms with van der Waals surface area (Å²) in [4.78, 5) is 21.6. The molecular weight excluding hydrogens is 436 g/mol. The number of rotatable bonds is 3. The minimum absolute atomic E-state index is 0.178. The maximum atomic E-state index is 12.4. The fourth-order valence-corrected chi connectivity index (χ4v) is 5.60. The van der Waals surface area contributed by atoms with Gasteiger partial charge in [0.15, 0.2) is 0 Å². The lowest BCUT2D eigenvalue weighted by Gasteiger charge is -2.60. The van der Waals surface area contributed by atoms with E-state index in [1.54, 1.807) is 0 Å². The third kappa shape index (κ3) is 3.89. The first-order valence-electron chi connectivity index (χ1n) is 12.4. The van der Waals surface area contributed by atoms with Crippen LogP contribution in [0.25, 0.3) is 22.0 Å². The van der Waals surface area contributed by atoms with Crippen molar-refractivity contribution in [1.29, 1.82) is 5.26 Å². The molecule has 0 bridgehead atoms. The van der Waals surface area contributed by atoms with E-state index in [2.05, 4.69) is 35.4 Å². The molecule has 0 radical (unpaired) electrons. The number of hydrogen-bond acceptors (Lipinski definition) is 5. The molecule has 3 aliphatic rings. The molecule has 3 aromatic rings. The summed E-state index contributed by atoms with van der Waals surface area (Å²) in [6.07, 6.45) is 4.29. The largest absolute Gasteiger partial charge is 0.444 e. The Balaban J connectivity index is 1.25. The van der Waals surface area contributed by atoms with Crippen LogP contribution in [0.4, 0.5) is 10.5 Å². The minimum atomic E-state index is -0.460. The maximum absolute atomic E-state index is 12.4. The van der Waals surface area contributed by atoms with Crippen LogP contribution in [0.2, 0.25) is 0 Å². The molecule has 1 aliphatic carbocycles. The molecule has 2 aliphatic heterocycles. The fraction of sp³-hybridized carbons (Fsp3) is 0.414. The van der Waals surface area contributed by atoms with Crippen molar-refractivity contribution < 1.29 is 9.53 Å². The fourth-order valence-electron chi connectivity index (χ4n) is 5.60. The van der Waals surface area contributed by atoms with Gasteiger partial charge in [0, 0.05) is 42.5 Å². The lowest BCUT2D eigenvalue weighted by Crippen LogP contribution is -2.73. The summed E-state index contributed by atoms with van der Waals surface area (Å²) in [7, 11) is 0. The van der Waals surface area contributed by atoms with Gasteiger partial charge >= 0.3 is 6.09 Å². The summed E-state index contributed by atoms with van der Waals surface area (Å²) >= 11 is 0. The second-order valence-electron chi connectivity index (χ2n) is 11.4. The van der Waals surface area contributed by atoms with Gasteiger partial charge in [0.05, 0.1) is 29.0 Å². The number of carbonyl (C=O) groups excluding carboxylic acids is 1. The summed E-state index contributed by atoms with van der Waals surface area (Å²) in [6.45, 7) is 9.16. The third-order valence-electron chi connectivity index (χ3n) is 7.33. The molecule has 1 spiro atoms. The zero-order valence-corrected chi connectivity index (χ0v) is 20.5. The van der Waals surface area contributed by atoms with Gasteiger partial charge in [0.25, 0.3) is 0 Å². The van der Waals surface area contributed by atoms with Gasteiger partial charge < -0.3 is 14.5 Å². The van der Waals surface area contributed by atoms with E-state index in [4.69, 9.17) is 15.0 Å². The number of carbonyl (C=O) groups is 1. The van der Waals surface area contributed by atoms with E-state index in [1.165, 1.54) is 29.5 Å². The number of nitriles is 1. The van der Waals surface area contributed by atoms with E-state index >= 15 is 0 Å². The predicted molar refractivity (Wildman–Crippen MR) is 136 cm³/mol. The van der Waals surface area contributed by atoms with Gasteiger partial charge in [-0.3, -0.25) is 4.98 Å². The van der Waals surface area contributed by atoms with Crippen LogP contribution in [0.15, 0.2) is 48.7 Å². The van der Waals surface area contributed by atoms with Crippen molar-refractivity contribution in [2.24, 2.45) is 5.41 Å². The van der Waals surface area contributed by atoms with E-state index in [0.717, 1.165) is 42.8 Å². The number of amides is 1. The molecule has 6 rings (SSSR count). The molecule has 6 heteroatoms. The number of anilines is 1. The average Bonchev–Trinajstić information content (AvgIpc) is 3.60. The topological polar surface area (TPSA) is 69.5 Å². The Morgan fingerprint density at radius 1 is 1.09 bits per heavy atom. The van der Waals surface area contributed by atoms with Gasteiger partial charge in [-0.2, -0.15) is 5.26 Å². The Labute approximate surface area is 206 Å². The number of likely N-dealkylation sites (tertiary alicyclic amines) is 1. The Morgan fingerprint density at radius 2 is 1.80 bits per heavy atom. The molecule has 178 valence electrons. The molecule has 3 fully saturated rings. The predicted octanol–water partition coefficient (Wildman–Crippen LogP) is 5.71. The monoisotopic (exact) mass is 466 g/mol. The summed E-state index contributed by atoms with van der Waals surface area (Å²) in [5.41, 5.74) is 6.26. The van der Waals surface area contributed by atoms with Crippen molar-refractivity contribution in [3.63, 3.8) is 0 Å². The smallest absolute Gasteiger partial charge is 0.410 e. The number of pyridine rings is 1. The SMILES string of the molecule is CC(C)(C)OC(=O)N1CC2(C1)CN(c1cnc3c(-c4ccc(C#N)cc4)cccc3c1C1CC1)C2. The van der Waals surface area contributed by atoms with Gasteiger partial charge in [-0.25, -0.2) is 4.79 Å². The summed E-state index contributed by atoms with van der Waals surface area (Å²) in [5.74, 6) is 0.586. The molecule has 0 unspecified atom stereocenters. The summed E-state index contributed by atoms with van der Waals surface area (Å²) < 4.78 is 5.53. The van der Waals surface area contributed by atoms with Crippen LogP contribution in [0.1, 0.15) is 50.7 Å². The quantitative estimate of drug-likeness (QED) is 0.495. The lowest BCUT2D eigenvalue weighted by molar-refractivity contribution is -0.0453. The molecule has 0 atom stereocenters. The van der Waals surface area contributed by atoms with Crippen LogP contribution in [0.5, 0.6) is 0 Å². The molecule has 3 heterocycles. The van der Waals surface area contributed by atoms with E-state index < -0.39 is 5.60 Å². The van der Waals surface area contributed by atoms with Crippen LogP contribution in [0.3, 0.4) is 0 Å². The second-order valence-corrected chi connectivity index (χ2v) is 11.4. The first-order chi connectivity index (χ1) is 16.8. The molecule has 1 saturated carbocycles. The van der Waals surface area contributed by atoms with Crippen molar-refractivity contribution in [3.05, 3.63) is 59.8 Å². The Kier molecular flexibility index (Phi) is 4.83. The number of nitrogens with zero attached hydrogens (tertiary/aromatic N) is 4. The minimum Gasteiger partial charge on any atom is -0.444 e. The highest BCUT2D eigenvalue weighted by molar-refractivity contribution is 5.98. The first-order valence-corrected chi connectivity index (χ1v) is 12.4. The summed E-state index contributed by atoms with van der Waals surface area (Å²) in [6, 6.07) is 16.4. The molecule has 6 nitrogen and oxygen atoms in total. The van der Waals surface area contributed by atoms with Crippen molar-refractivity contribution in [3.8, 4) is 17.2 Å². The average molecular weight is 467 g/mol. The number of hydrogen-bond donors (Lipinski definition) is 0. The number of ether oxygens (including phenoxy) is 1. The number of fused-ring (bicyclic) bond motifs is 1. The molecule has 0 N–H and O–H groups in total. The Hall–Kier alpha value is -3.59. The Bertz CT molecular complexity index is 1350. The highest BCUT2D eigenvalue weighted by Gasteiger charge is 2.54. The lowest BCUT2D eigenvalue weighted by atomic mass is 9.72. The van der Waals surface area contributed by atoms with E-state index in [9.17, 15) is 4.79 Å². The highest BCUT2D eigenvalue weighted by Crippen LogP contribution is 2.51. The third-order valence-corrected chi connectivity index (χ3v) is 7.33. The van der Waals surface area contributed by atoms with Crippen LogP contribution in [0, 0.1) is 16.7 Å². The number of aromatic nitrogens is 1. The van der Waals surface area contributed by atoms with Gasteiger partial charge in [-0.1, -0.05) is 30.3 Å². The molecular formula is C29H30N4O2. The highest BCUT2D eigenvalue weighted by atomic mass is 16.6. The van der Waals surface area contributed by atoms with Gasteiger partial charge in [-0.15, -0.1) is 0 Å². The van der Waals surface area contributed by atoms with Crippen LogP contribution in [-0.4, -0.2) is 47.8 Å².